The zero-order valence-corrected chi connectivity index (χ0v) is 20.7. The smallest absolute Gasteiger partial charge is 0.254 e. The third-order valence-electron chi connectivity index (χ3n) is 5.46. The van der Waals surface area contributed by atoms with Crippen LogP contribution in [0.15, 0.2) is 65.8 Å². The number of hydrogen-bond donors (Lipinski definition) is 1. The minimum Gasteiger partial charge on any atom is -0.481 e. The molecule has 4 rings (SSSR count). The maximum Gasteiger partial charge on any atom is 0.254 e. The van der Waals surface area contributed by atoms with E-state index in [1.807, 2.05) is 30.3 Å². The second-order valence-corrected chi connectivity index (χ2v) is 7.93. The van der Waals surface area contributed by atoms with Crippen molar-refractivity contribution in [3.8, 4) is 23.3 Å². The topological polar surface area (TPSA) is 124 Å². The average Bonchev–Trinajstić information content (AvgIpc) is 3.36. The van der Waals surface area contributed by atoms with Crippen molar-refractivity contribution in [2.24, 2.45) is 5.16 Å². The van der Waals surface area contributed by atoms with Crippen LogP contribution >= 0.6 is 0 Å². The molecule has 2 aromatic carbocycles. The van der Waals surface area contributed by atoms with Crippen LogP contribution in [0.25, 0.3) is 0 Å². The van der Waals surface area contributed by atoms with Gasteiger partial charge in [-0.3, -0.25) is 14.9 Å². The molecule has 11 nitrogen and oxygen atoms in total. The van der Waals surface area contributed by atoms with Crippen LogP contribution in [0.4, 0.5) is 5.95 Å². The van der Waals surface area contributed by atoms with Gasteiger partial charge in [0.25, 0.3) is 5.91 Å². The summed E-state index contributed by atoms with van der Waals surface area (Å²) in [6.07, 6.45) is 0.202. The van der Waals surface area contributed by atoms with Gasteiger partial charge in [0.05, 0.1) is 32.5 Å². The van der Waals surface area contributed by atoms with Gasteiger partial charge in [0.1, 0.15) is 24.1 Å². The first-order chi connectivity index (χ1) is 18.0. The molecule has 0 unspecified atom stereocenters. The highest BCUT2D eigenvalue weighted by Gasteiger charge is 2.39. The summed E-state index contributed by atoms with van der Waals surface area (Å²) >= 11 is 0. The first kappa shape index (κ1) is 25.4. The van der Waals surface area contributed by atoms with Crippen molar-refractivity contribution in [1.82, 2.24) is 14.9 Å². The number of hydrogen-bond acceptors (Lipinski definition) is 9. The third-order valence-corrected chi connectivity index (χ3v) is 5.46. The molecule has 0 spiro atoms. The summed E-state index contributed by atoms with van der Waals surface area (Å²) in [6, 6.07) is 16.7. The highest BCUT2D eigenvalue weighted by molar-refractivity contribution is 6.07. The quantitative estimate of drug-likeness (QED) is 0.438. The standard InChI is InChI=1S/C26H27N5O6/c1-4-36-30-18-14-21(24(32)29-26-27-22(34-2)15-23(28-26)35-3)31(16-18)25(33)17-10-12-20(13-11-17)37-19-8-6-5-7-9-19/h5-13,15,21H,4,14,16H2,1-3H3,(H,27,28,29,32)/b30-18+/t21-/m0/s1. The number of methoxy groups -OCH3 is 2. The van der Waals surface area contributed by atoms with Crippen molar-refractivity contribution in [3.05, 3.63) is 66.2 Å². The maximum atomic E-state index is 13.4. The van der Waals surface area contributed by atoms with Crippen molar-refractivity contribution in [3.63, 3.8) is 0 Å². The number of nitrogens with zero attached hydrogens (tertiary/aromatic N) is 4. The number of nitrogens with one attached hydrogen (secondary N) is 1. The Morgan fingerprint density at radius 2 is 1.65 bits per heavy atom. The summed E-state index contributed by atoms with van der Waals surface area (Å²) in [6.45, 7) is 2.31. The molecule has 1 aliphatic rings. The first-order valence-electron chi connectivity index (χ1n) is 11.6. The van der Waals surface area contributed by atoms with E-state index in [-0.39, 0.29) is 36.6 Å². The zero-order chi connectivity index (χ0) is 26.2. The number of oxime groups is 1. The van der Waals surface area contributed by atoms with Gasteiger partial charge in [-0.2, -0.15) is 9.97 Å². The summed E-state index contributed by atoms with van der Waals surface area (Å²) in [5.41, 5.74) is 0.971. The Labute approximate surface area is 214 Å². The number of carbonyl (C=O) groups is 2. The minimum absolute atomic E-state index is 0.00814. The van der Waals surface area contributed by atoms with Gasteiger partial charge in [0.15, 0.2) is 0 Å². The van der Waals surface area contributed by atoms with E-state index < -0.39 is 11.9 Å². The predicted molar refractivity (Wildman–Crippen MR) is 135 cm³/mol. The SMILES string of the molecule is CCO/N=C1\C[C@@H](C(=O)Nc2nc(OC)cc(OC)n2)N(C(=O)c2ccc(Oc3ccccc3)cc2)C1. The van der Waals surface area contributed by atoms with E-state index in [9.17, 15) is 9.59 Å². The van der Waals surface area contributed by atoms with E-state index in [0.29, 0.717) is 29.4 Å². The van der Waals surface area contributed by atoms with Gasteiger partial charge in [0, 0.05) is 12.0 Å². The molecule has 2 heterocycles. The monoisotopic (exact) mass is 505 g/mol. The summed E-state index contributed by atoms with van der Waals surface area (Å²) < 4.78 is 16.1. The fraction of sp³-hybridized carbons (Fsp3) is 0.269. The Balaban J connectivity index is 1.53. The number of likely N-dealkylation sites (tertiary alicyclic amines) is 1. The summed E-state index contributed by atoms with van der Waals surface area (Å²) in [7, 11) is 2.88. The fourth-order valence-corrected chi connectivity index (χ4v) is 3.69. The van der Waals surface area contributed by atoms with Gasteiger partial charge in [0.2, 0.25) is 23.6 Å². The Bertz CT molecular complexity index is 1240. The lowest BCUT2D eigenvalue weighted by molar-refractivity contribution is -0.119. The summed E-state index contributed by atoms with van der Waals surface area (Å²) in [5, 5.41) is 6.73. The first-order valence-corrected chi connectivity index (χ1v) is 11.6. The summed E-state index contributed by atoms with van der Waals surface area (Å²) in [5.74, 6) is 0.890. The fourth-order valence-electron chi connectivity index (χ4n) is 3.69. The molecule has 0 radical (unpaired) electrons. The molecule has 1 N–H and O–H groups in total. The van der Waals surface area contributed by atoms with Crippen LogP contribution in [0.5, 0.6) is 23.3 Å². The molecule has 1 aliphatic heterocycles. The van der Waals surface area contributed by atoms with Crippen molar-refractivity contribution in [2.45, 2.75) is 19.4 Å². The lowest BCUT2D eigenvalue weighted by Gasteiger charge is -2.23. The number of benzene rings is 2. The van der Waals surface area contributed by atoms with Crippen LogP contribution in [0.3, 0.4) is 0 Å². The molecule has 37 heavy (non-hydrogen) atoms. The van der Waals surface area contributed by atoms with Gasteiger partial charge < -0.3 is 23.9 Å². The van der Waals surface area contributed by atoms with Crippen molar-refractivity contribution in [1.29, 1.82) is 0 Å². The van der Waals surface area contributed by atoms with Crippen LogP contribution in [-0.4, -0.2) is 65.8 Å². The van der Waals surface area contributed by atoms with Gasteiger partial charge in [-0.05, 0) is 43.3 Å². The number of ether oxygens (including phenoxy) is 3. The molecule has 0 saturated carbocycles. The maximum absolute atomic E-state index is 13.4. The van der Waals surface area contributed by atoms with Gasteiger partial charge in [-0.25, -0.2) is 0 Å². The molecule has 0 bridgehead atoms. The number of carbonyl (C=O) groups excluding carboxylic acids is 2. The van der Waals surface area contributed by atoms with Crippen molar-refractivity contribution in [2.75, 3.05) is 32.7 Å². The van der Waals surface area contributed by atoms with E-state index in [1.54, 1.807) is 31.2 Å². The normalized spacial score (nSPS) is 15.8. The largest absolute Gasteiger partial charge is 0.481 e. The zero-order valence-electron chi connectivity index (χ0n) is 20.7. The predicted octanol–water partition coefficient (Wildman–Crippen LogP) is 3.53. The van der Waals surface area contributed by atoms with Crippen molar-refractivity contribution >= 4 is 23.5 Å². The van der Waals surface area contributed by atoms with E-state index in [2.05, 4.69) is 20.4 Å². The second-order valence-electron chi connectivity index (χ2n) is 7.93. The molecule has 1 atom stereocenters. The number of aromatic nitrogens is 2. The van der Waals surface area contributed by atoms with E-state index >= 15 is 0 Å². The Kier molecular flexibility index (Phi) is 8.14. The van der Waals surface area contributed by atoms with Gasteiger partial charge in [-0.1, -0.05) is 23.4 Å². The molecule has 0 aliphatic carbocycles. The van der Waals surface area contributed by atoms with Gasteiger partial charge >= 0.3 is 0 Å². The lowest BCUT2D eigenvalue weighted by atomic mass is 10.1. The lowest BCUT2D eigenvalue weighted by Crippen LogP contribution is -2.43. The Hall–Kier alpha value is -4.67. The van der Waals surface area contributed by atoms with E-state index in [0.717, 1.165) is 0 Å². The number of anilines is 1. The van der Waals surface area contributed by atoms with E-state index in [1.165, 1.54) is 25.2 Å². The molecule has 1 fully saturated rings. The molecule has 1 saturated heterocycles. The molecule has 192 valence electrons. The number of amides is 2. The van der Waals surface area contributed by atoms with Crippen LogP contribution < -0.4 is 19.5 Å². The molecule has 3 aromatic rings. The highest BCUT2D eigenvalue weighted by atomic mass is 16.6. The van der Waals surface area contributed by atoms with Crippen LogP contribution in [0.2, 0.25) is 0 Å². The Morgan fingerprint density at radius 3 is 2.27 bits per heavy atom. The third kappa shape index (κ3) is 6.31. The number of para-hydroxylation sites is 1. The minimum atomic E-state index is -0.854. The van der Waals surface area contributed by atoms with Crippen LogP contribution in [0, 0.1) is 0 Å². The summed E-state index contributed by atoms with van der Waals surface area (Å²) in [4.78, 5) is 41.6. The van der Waals surface area contributed by atoms with Crippen LogP contribution in [-0.2, 0) is 9.63 Å². The van der Waals surface area contributed by atoms with Gasteiger partial charge in [-0.15, -0.1) is 0 Å². The highest BCUT2D eigenvalue weighted by Crippen LogP contribution is 2.25. The Morgan fingerprint density at radius 1 is 1.00 bits per heavy atom. The molecule has 1 aromatic heterocycles. The molecule has 11 heteroatoms. The van der Waals surface area contributed by atoms with Crippen molar-refractivity contribution < 1.29 is 28.6 Å². The van der Waals surface area contributed by atoms with E-state index in [4.69, 9.17) is 19.0 Å². The van der Waals surface area contributed by atoms with Crippen LogP contribution in [0.1, 0.15) is 23.7 Å². The molecule has 2 amide bonds. The molecular weight excluding hydrogens is 478 g/mol. The molecular formula is C26H27N5O6. The average molecular weight is 506 g/mol. The second kappa shape index (κ2) is 11.8. The number of rotatable bonds is 9.